The lowest BCUT2D eigenvalue weighted by atomic mass is 10.0. The van der Waals surface area contributed by atoms with Crippen LogP contribution in [0.3, 0.4) is 0 Å². The van der Waals surface area contributed by atoms with E-state index >= 15 is 4.39 Å². The molecule has 1 fully saturated rings. The van der Waals surface area contributed by atoms with E-state index in [0.717, 1.165) is 30.5 Å². The Hall–Kier alpha value is -4.32. The first-order valence-corrected chi connectivity index (χ1v) is 14.2. The van der Waals surface area contributed by atoms with E-state index in [9.17, 15) is 4.79 Å². The molecule has 6 rings (SSSR count). The number of amides is 1. The summed E-state index contributed by atoms with van der Waals surface area (Å²) in [5.74, 6) is -0.217. The third kappa shape index (κ3) is 5.34. The number of rotatable bonds is 4. The number of likely N-dealkylation sites (tertiary alicyclic amines) is 1. The van der Waals surface area contributed by atoms with Gasteiger partial charge in [-0.15, -0.1) is 0 Å². The van der Waals surface area contributed by atoms with Gasteiger partial charge in [-0.2, -0.15) is 0 Å². The van der Waals surface area contributed by atoms with Crippen molar-refractivity contribution in [1.29, 1.82) is 0 Å². The Morgan fingerprint density at radius 2 is 1.93 bits per heavy atom. The minimum atomic E-state index is -0.581. The molecule has 1 amide bonds. The summed E-state index contributed by atoms with van der Waals surface area (Å²) in [5, 5.41) is 0.678. The van der Waals surface area contributed by atoms with Crippen LogP contribution in [-0.4, -0.2) is 65.3 Å². The summed E-state index contributed by atoms with van der Waals surface area (Å²) in [7, 11) is 0. The van der Waals surface area contributed by atoms with Gasteiger partial charge < -0.3 is 19.8 Å². The summed E-state index contributed by atoms with van der Waals surface area (Å²) in [5.41, 5.74) is 9.57. The summed E-state index contributed by atoms with van der Waals surface area (Å²) in [6.45, 7) is 9.95. The molecule has 1 atom stereocenters. The number of hydrogen-bond acceptors (Lipinski definition) is 9. The normalized spacial score (nSPS) is 17.7. The molecule has 0 spiro atoms. The number of hydrogen-bond donors (Lipinski definition) is 1. The highest BCUT2D eigenvalue weighted by Gasteiger charge is 2.37. The molecule has 220 valence electrons. The predicted octanol–water partition coefficient (Wildman–Crippen LogP) is 5.27. The van der Waals surface area contributed by atoms with Crippen LogP contribution >= 0.6 is 0 Å². The average Bonchev–Trinajstić information content (AvgIpc) is 3.28. The minimum Gasteiger partial charge on any atom is -0.444 e. The highest BCUT2D eigenvalue weighted by molar-refractivity contribution is 6.02. The second-order valence-corrected chi connectivity index (χ2v) is 11.8. The summed E-state index contributed by atoms with van der Waals surface area (Å²) in [6.07, 6.45) is 5.40. The van der Waals surface area contributed by atoms with Crippen molar-refractivity contribution in [2.75, 3.05) is 18.8 Å². The average molecular weight is 575 g/mol. The van der Waals surface area contributed by atoms with Gasteiger partial charge in [-0.3, -0.25) is 9.80 Å². The van der Waals surface area contributed by atoms with Crippen molar-refractivity contribution in [1.82, 2.24) is 34.3 Å². The zero-order valence-electron chi connectivity index (χ0n) is 24.3. The van der Waals surface area contributed by atoms with E-state index in [1.165, 1.54) is 12.4 Å². The van der Waals surface area contributed by atoms with E-state index in [4.69, 9.17) is 15.2 Å². The van der Waals surface area contributed by atoms with Crippen LogP contribution in [0.25, 0.3) is 22.2 Å². The number of ether oxygens (including phenoxy) is 2. The monoisotopic (exact) mass is 574 g/mol. The molecule has 42 heavy (non-hydrogen) atoms. The summed E-state index contributed by atoms with van der Waals surface area (Å²) in [4.78, 5) is 34.4. The van der Waals surface area contributed by atoms with Crippen molar-refractivity contribution in [3.05, 3.63) is 54.0 Å². The van der Waals surface area contributed by atoms with Crippen molar-refractivity contribution in [2.45, 2.75) is 71.8 Å². The number of nitrogen functional groups attached to an aromatic ring is 1. The molecule has 0 bridgehead atoms. The Morgan fingerprint density at radius 3 is 2.69 bits per heavy atom. The first kappa shape index (κ1) is 27.8. The van der Waals surface area contributed by atoms with Crippen LogP contribution in [0.1, 0.15) is 51.4 Å². The fourth-order valence-corrected chi connectivity index (χ4v) is 5.85. The van der Waals surface area contributed by atoms with Gasteiger partial charge in [0.2, 0.25) is 0 Å². The quantitative estimate of drug-likeness (QED) is 0.347. The van der Waals surface area contributed by atoms with E-state index in [1.54, 1.807) is 24.4 Å². The zero-order valence-corrected chi connectivity index (χ0v) is 24.3. The molecule has 1 unspecified atom stereocenters. The molecule has 2 N–H and O–H groups in total. The molecule has 1 saturated heterocycles. The van der Waals surface area contributed by atoms with Gasteiger partial charge in [-0.1, -0.05) is 6.07 Å². The van der Waals surface area contributed by atoms with E-state index in [-0.39, 0.29) is 24.0 Å². The number of nitrogens with two attached hydrogens (primary N) is 1. The van der Waals surface area contributed by atoms with E-state index in [2.05, 4.69) is 29.4 Å². The Balaban J connectivity index is 1.37. The molecule has 0 radical (unpaired) electrons. The van der Waals surface area contributed by atoms with Crippen LogP contribution in [0.4, 0.5) is 15.0 Å². The first-order valence-electron chi connectivity index (χ1n) is 14.2. The van der Waals surface area contributed by atoms with Gasteiger partial charge >= 0.3 is 12.1 Å². The van der Waals surface area contributed by atoms with Crippen LogP contribution in [-0.2, 0) is 17.8 Å². The van der Waals surface area contributed by atoms with Crippen molar-refractivity contribution in [3.63, 3.8) is 0 Å². The molecule has 3 aromatic heterocycles. The van der Waals surface area contributed by atoms with Crippen LogP contribution < -0.4 is 10.5 Å². The van der Waals surface area contributed by atoms with Gasteiger partial charge in [-0.05, 0) is 70.7 Å². The molecule has 0 aliphatic carbocycles. The van der Waals surface area contributed by atoms with Gasteiger partial charge in [0.1, 0.15) is 23.4 Å². The fraction of sp³-hybridized carbons (Fsp3) is 0.433. The predicted molar refractivity (Wildman–Crippen MR) is 155 cm³/mol. The third-order valence-electron chi connectivity index (χ3n) is 7.66. The number of anilines is 1. The largest absolute Gasteiger partial charge is 0.444 e. The number of nitrogens with zero attached hydrogens (tertiary/aromatic N) is 7. The van der Waals surface area contributed by atoms with Crippen LogP contribution in [0, 0.1) is 12.7 Å². The van der Waals surface area contributed by atoms with Crippen LogP contribution in [0.2, 0.25) is 0 Å². The van der Waals surface area contributed by atoms with Crippen molar-refractivity contribution < 1.29 is 18.7 Å². The van der Waals surface area contributed by atoms with Gasteiger partial charge in [0.15, 0.2) is 11.6 Å². The number of aryl methyl sites for hydroxylation is 1. The van der Waals surface area contributed by atoms with Gasteiger partial charge in [0.05, 0.1) is 11.6 Å². The molecule has 5 heterocycles. The first-order chi connectivity index (χ1) is 20.1. The molecule has 12 heteroatoms. The molecular weight excluding hydrogens is 539 g/mol. The lowest BCUT2D eigenvalue weighted by Gasteiger charge is -2.44. The number of carbonyl (C=O) groups excluding carboxylic acids is 1. The van der Waals surface area contributed by atoms with E-state index in [0.29, 0.717) is 54.3 Å². The zero-order chi connectivity index (χ0) is 29.6. The Bertz CT molecular complexity index is 1650. The Kier molecular flexibility index (Phi) is 7.17. The van der Waals surface area contributed by atoms with Crippen LogP contribution in [0.15, 0.2) is 36.8 Å². The molecule has 1 aromatic carbocycles. The second-order valence-electron chi connectivity index (χ2n) is 11.8. The Morgan fingerprint density at radius 1 is 1.10 bits per heavy atom. The molecule has 4 aromatic rings. The lowest BCUT2D eigenvalue weighted by Crippen LogP contribution is -2.55. The summed E-state index contributed by atoms with van der Waals surface area (Å²) < 4.78 is 29.0. The van der Waals surface area contributed by atoms with Crippen molar-refractivity contribution in [3.8, 4) is 22.9 Å². The summed E-state index contributed by atoms with van der Waals surface area (Å²) >= 11 is 0. The highest BCUT2D eigenvalue weighted by Crippen LogP contribution is 2.41. The molecule has 2 aliphatic heterocycles. The number of carbonyl (C=O) groups is 1. The number of halogens is 1. The molecular formula is C30H35FN8O3. The standard InChI is InChI=1S/C30H35FN8O3/c1-18-10-11-33-28(36-18)41-22-9-8-19(15-20(22)31)24-21-16-37(13-14-38(21)27-25(24)26(32)34-17-35-27)23-7-5-6-12-39(23)29(40)42-30(2,3)4/h8-11,15,17,23H,5-7,12-14,16H2,1-4H3,(H2,32,34,35). The molecule has 0 saturated carbocycles. The summed E-state index contributed by atoms with van der Waals surface area (Å²) in [6, 6.07) is 6.60. The van der Waals surface area contributed by atoms with E-state index < -0.39 is 11.4 Å². The SMILES string of the molecule is Cc1ccnc(Oc2ccc(-c3c4n(c5ncnc(N)c35)CCN(C3CCCCN3C(=O)OC(C)(C)C)C4)cc2F)n1. The van der Waals surface area contributed by atoms with E-state index in [1.807, 2.05) is 32.6 Å². The molecule has 11 nitrogen and oxygen atoms in total. The number of benzene rings is 1. The number of piperidine rings is 1. The third-order valence-corrected chi connectivity index (χ3v) is 7.66. The van der Waals surface area contributed by atoms with Crippen molar-refractivity contribution in [2.24, 2.45) is 0 Å². The van der Waals surface area contributed by atoms with Crippen molar-refractivity contribution >= 4 is 22.9 Å². The maximum Gasteiger partial charge on any atom is 0.411 e. The smallest absolute Gasteiger partial charge is 0.411 e. The minimum absolute atomic E-state index is 0.0165. The fourth-order valence-electron chi connectivity index (χ4n) is 5.85. The van der Waals surface area contributed by atoms with Gasteiger partial charge in [0, 0.05) is 49.3 Å². The lowest BCUT2D eigenvalue weighted by molar-refractivity contribution is -0.0315. The maximum atomic E-state index is 15.5. The second kappa shape index (κ2) is 10.8. The maximum absolute atomic E-state index is 15.5. The Labute approximate surface area is 243 Å². The highest BCUT2D eigenvalue weighted by atomic mass is 19.1. The van der Waals surface area contributed by atoms with Crippen LogP contribution in [0.5, 0.6) is 11.8 Å². The number of fused-ring (bicyclic) bond motifs is 3. The van der Waals surface area contributed by atoms with Gasteiger partial charge in [0.25, 0.3) is 0 Å². The topological polar surface area (TPSA) is 125 Å². The van der Waals surface area contributed by atoms with Gasteiger partial charge in [-0.25, -0.2) is 29.1 Å². The number of aromatic nitrogens is 5. The molecule has 2 aliphatic rings.